The van der Waals surface area contributed by atoms with Crippen LogP contribution in [0.1, 0.15) is 39.5 Å². The summed E-state index contributed by atoms with van der Waals surface area (Å²) >= 11 is 0. The van der Waals surface area contributed by atoms with Gasteiger partial charge in [-0.15, -0.1) is 0 Å². The maximum absolute atomic E-state index is 9.28. The summed E-state index contributed by atoms with van der Waals surface area (Å²) in [6.45, 7) is 4.07. The SMILES string of the molecule is CC(O)[C@@H](C)C1CCCC1. The van der Waals surface area contributed by atoms with Crippen molar-refractivity contribution in [3.05, 3.63) is 0 Å². The van der Waals surface area contributed by atoms with Crippen molar-refractivity contribution < 1.29 is 5.11 Å². The first kappa shape index (κ1) is 8.06. The molecule has 0 aliphatic heterocycles. The minimum atomic E-state index is -0.108. The normalized spacial score (nSPS) is 26.7. The Morgan fingerprint density at radius 2 is 1.70 bits per heavy atom. The first-order valence-electron chi connectivity index (χ1n) is 4.40. The van der Waals surface area contributed by atoms with Gasteiger partial charge in [-0.3, -0.25) is 0 Å². The molecule has 0 aromatic rings. The summed E-state index contributed by atoms with van der Waals surface area (Å²) in [5.41, 5.74) is 0. The summed E-state index contributed by atoms with van der Waals surface area (Å²) in [6.07, 6.45) is 5.32. The Labute approximate surface area is 63.4 Å². The zero-order chi connectivity index (χ0) is 7.56. The van der Waals surface area contributed by atoms with Crippen LogP contribution in [0.15, 0.2) is 0 Å². The third-order valence-electron chi connectivity index (χ3n) is 2.90. The predicted octanol–water partition coefficient (Wildman–Crippen LogP) is 2.19. The van der Waals surface area contributed by atoms with E-state index in [2.05, 4.69) is 6.92 Å². The lowest BCUT2D eigenvalue weighted by Gasteiger charge is -2.21. The Bertz CT molecular complexity index is 92.9. The van der Waals surface area contributed by atoms with Crippen LogP contribution in [-0.2, 0) is 0 Å². The van der Waals surface area contributed by atoms with Gasteiger partial charge in [0.1, 0.15) is 0 Å². The molecule has 1 aliphatic rings. The van der Waals surface area contributed by atoms with Crippen LogP contribution in [0.2, 0.25) is 0 Å². The van der Waals surface area contributed by atoms with E-state index >= 15 is 0 Å². The molecule has 0 heterocycles. The van der Waals surface area contributed by atoms with Gasteiger partial charge in [-0.1, -0.05) is 32.6 Å². The van der Waals surface area contributed by atoms with Crippen LogP contribution in [0.3, 0.4) is 0 Å². The fourth-order valence-electron chi connectivity index (χ4n) is 1.88. The molecular weight excluding hydrogens is 124 g/mol. The van der Waals surface area contributed by atoms with Crippen LogP contribution in [0, 0.1) is 11.8 Å². The van der Waals surface area contributed by atoms with E-state index in [-0.39, 0.29) is 6.10 Å². The average Bonchev–Trinajstić information content (AvgIpc) is 2.36. The third kappa shape index (κ3) is 1.72. The van der Waals surface area contributed by atoms with Crippen LogP contribution in [-0.4, -0.2) is 11.2 Å². The molecule has 0 bridgehead atoms. The van der Waals surface area contributed by atoms with Gasteiger partial charge in [-0.2, -0.15) is 0 Å². The molecule has 60 valence electrons. The Morgan fingerprint density at radius 3 is 2.10 bits per heavy atom. The van der Waals surface area contributed by atoms with Crippen molar-refractivity contribution in [1.29, 1.82) is 0 Å². The van der Waals surface area contributed by atoms with Crippen molar-refractivity contribution in [2.24, 2.45) is 11.8 Å². The monoisotopic (exact) mass is 142 g/mol. The summed E-state index contributed by atoms with van der Waals surface area (Å²) in [5.74, 6) is 1.32. The second kappa shape index (κ2) is 3.38. The molecule has 2 atom stereocenters. The molecular formula is C9H18O. The third-order valence-corrected chi connectivity index (χ3v) is 2.90. The predicted molar refractivity (Wildman–Crippen MR) is 42.8 cm³/mol. The molecule has 1 aliphatic carbocycles. The minimum Gasteiger partial charge on any atom is -0.393 e. The molecule has 1 unspecified atom stereocenters. The summed E-state index contributed by atoms with van der Waals surface area (Å²) in [6, 6.07) is 0. The number of aliphatic hydroxyl groups excluding tert-OH is 1. The highest BCUT2D eigenvalue weighted by atomic mass is 16.3. The molecule has 0 radical (unpaired) electrons. The van der Waals surface area contributed by atoms with Crippen molar-refractivity contribution in [2.45, 2.75) is 45.6 Å². The second-order valence-corrected chi connectivity index (χ2v) is 3.64. The van der Waals surface area contributed by atoms with Crippen molar-refractivity contribution in [1.82, 2.24) is 0 Å². The van der Waals surface area contributed by atoms with E-state index in [4.69, 9.17) is 0 Å². The van der Waals surface area contributed by atoms with Gasteiger partial charge < -0.3 is 5.11 Å². The van der Waals surface area contributed by atoms with Gasteiger partial charge >= 0.3 is 0 Å². The maximum atomic E-state index is 9.28. The average molecular weight is 142 g/mol. The molecule has 1 rings (SSSR count). The molecule has 0 saturated heterocycles. The van der Waals surface area contributed by atoms with Crippen molar-refractivity contribution >= 4 is 0 Å². The van der Waals surface area contributed by atoms with Crippen molar-refractivity contribution in [3.63, 3.8) is 0 Å². The van der Waals surface area contributed by atoms with Crippen LogP contribution in [0.4, 0.5) is 0 Å². The van der Waals surface area contributed by atoms with Gasteiger partial charge in [0.05, 0.1) is 6.10 Å². The molecule has 10 heavy (non-hydrogen) atoms. The lowest BCUT2D eigenvalue weighted by atomic mass is 9.89. The van der Waals surface area contributed by atoms with E-state index < -0.39 is 0 Å². The van der Waals surface area contributed by atoms with Crippen LogP contribution >= 0.6 is 0 Å². The van der Waals surface area contributed by atoms with Gasteiger partial charge in [-0.05, 0) is 18.8 Å². The topological polar surface area (TPSA) is 20.2 Å². The van der Waals surface area contributed by atoms with Crippen molar-refractivity contribution in [3.8, 4) is 0 Å². The fraction of sp³-hybridized carbons (Fsp3) is 1.00. The van der Waals surface area contributed by atoms with E-state index in [0.717, 1.165) is 5.92 Å². The van der Waals surface area contributed by atoms with Gasteiger partial charge in [0, 0.05) is 0 Å². The summed E-state index contributed by atoms with van der Waals surface area (Å²) in [4.78, 5) is 0. The summed E-state index contributed by atoms with van der Waals surface area (Å²) in [7, 11) is 0. The van der Waals surface area contributed by atoms with Gasteiger partial charge in [0.25, 0.3) is 0 Å². The number of aliphatic hydroxyl groups is 1. The molecule has 0 spiro atoms. The molecule has 1 heteroatoms. The van der Waals surface area contributed by atoms with Crippen LogP contribution < -0.4 is 0 Å². The standard InChI is InChI=1S/C9H18O/c1-7(8(2)10)9-5-3-4-6-9/h7-10H,3-6H2,1-2H3/t7-,8?/m1/s1. The largest absolute Gasteiger partial charge is 0.393 e. The van der Waals surface area contributed by atoms with E-state index in [1.54, 1.807) is 0 Å². The molecule has 0 amide bonds. The molecule has 1 saturated carbocycles. The molecule has 0 aromatic heterocycles. The van der Waals surface area contributed by atoms with Gasteiger partial charge in [0.2, 0.25) is 0 Å². The highest BCUT2D eigenvalue weighted by molar-refractivity contribution is 4.75. The first-order valence-corrected chi connectivity index (χ1v) is 4.40. The first-order chi connectivity index (χ1) is 4.72. The maximum Gasteiger partial charge on any atom is 0.0540 e. The highest BCUT2D eigenvalue weighted by Crippen LogP contribution is 2.32. The lowest BCUT2D eigenvalue weighted by Crippen LogP contribution is -2.20. The van der Waals surface area contributed by atoms with Crippen LogP contribution in [0.5, 0.6) is 0 Å². The summed E-state index contributed by atoms with van der Waals surface area (Å²) in [5, 5.41) is 9.28. The molecule has 0 aromatic carbocycles. The fourth-order valence-corrected chi connectivity index (χ4v) is 1.88. The Morgan fingerprint density at radius 1 is 1.20 bits per heavy atom. The zero-order valence-electron chi connectivity index (χ0n) is 7.01. The van der Waals surface area contributed by atoms with E-state index in [1.165, 1.54) is 25.7 Å². The number of hydrogen-bond acceptors (Lipinski definition) is 1. The Kier molecular flexibility index (Phi) is 2.72. The van der Waals surface area contributed by atoms with E-state index in [1.807, 2.05) is 6.92 Å². The molecule has 1 nitrogen and oxygen atoms in total. The van der Waals surface area contributed by atoms with Gasteiger partial charge in [-0.25, -0.2) is 0 Å². The van der Waals surface area contributed by atoms with Crippen molar-refractivity contribution in [2.75, 3.05) is 0 Å². The number of rotatable bonds is 2. The van der Waals surface area contributed by atoms with E-state index in [0.29, 0.717) is 5.92 Å². The lowest BCUT2D eigenvalue weighted by molar-refractivity contribution is 0.100. The van der Waals surface area contributed by atoms with Gasteiger partial charge in [0.15, 0.2) is 0 Å². The smallest absolute Gasteiger partial charge is 0.0540 e. The second-order valence-electron chi connectivity index (χ2n) is 3.64. The Hall–Kier alpha value is -0.0400. The minimum absolute atomic E-state index is 0.108. The quantitative estimate of drug-likeness (QED) is 0.626. The number of hydrogen-bond donors (Lipinski definition) is 1. The zero-order valence-corrected chi connectivity index (χ0v) is 7.01. The van der Waals surface area contributed by atoms with E-state index in [9.17, 15) is 5.11 Å². The molecule has 1 N–H and O–H groups in total. The van der Waals surface area contributed by atoms with Crippen LogP contribution in [0.25, 0.3) is 0 Å². The Balaban J connectivity index is 2.32. The highest BCUT2D eigenvalue weighted by Gasteiger charge is 2.24. The summed E-state index contributed by atoms with van der Waals surface area (Å²) < 4.78 is 0. The molecule has 1 fully saturated rings.